The lowest BCUT2D eigenvalue weighted by molar-refractivity contribution is 0.0715. The van der Waals surface area contributed by atoms with Gasteiger partial charge in [0.15, 0.2) is 0 Å². The number of fused-ring (bicyclic) bond motifs is 1. The van der Waals surface area contributed by atoms with Crippen molar-refractivity contribution in [3.8, 4) is 11.4 Å². The van der Waals surface area contributed by atoms with Gasteiger partial charge in [-0.15, -0.1) is 0 Å². The lowest BCUT2D eigenvalue weighted by Gasteiger charge is -2.39. The van der Waals surface area contributed by atoms with E-state index >= 15 is 0 Å². The Kier molecular flexibility index (Phi) is 4.04. The minimum Gasteiger partial charge on any atom is -0.396 e. The third-order valence-electron chi connectivity index (χ3n) is 4.66. The Morgan fingerprint density at radius 1 is 1.39 bits per heavy atom. The lowest BCUT2D eigenvalue weighted by atomic mass is 10.1. The van der Waals surface area contributed by atoms with Gasteiger partial charge in [0.2, 0.25) is 0 Å². The van der Waals surface area contributed by atoms with Crippen molar-refractivity contribution >= 4 is 0 Å². The molecule has 2 unspecified atom stereocenters. The molecule has 0 radical (unpaired) electrons. The lowest BCUT2D eigenvalue weighted by Crippen LogP contribution is -2.54. The van der Waals surface area contributed by atoms with Crippen molar-refractivity contribution in [3.63, 3.8) is 0 Å². The van der Waals surface area contributed by atoms with E-state index in [1.165, 1.54) is 5.56 Å². The first kappa shape index (κ1) is 14.7. The molecule has 122 valence electrons. The third-order valence-corrected chi connectivity index (χ3v) is 4.66. The number of hydrogen-bond donors (Lipinski definition) is 4. The maximum atomic E-state index is 9.32. The van der Waals surface area contributed by atoms with E-state index < -0.39 is 0 Å². The van der Waals surface area contributed by atoms with Crippen LogP contribution in [0.1, 0.15) is 23.8 Å². The van der Waals surface area contributed by atoms with Crippen molar-refractivity contribution in [2.45, 2.75) is 25.2 Å². The molecule has 8 nitrogen and oxygen atoms in total. The highest BCUT2D eigenvalue weighted by Gasteiger charge is 2.36. The maximum absolute atomic E-state index is 9.32. The van der Waals surface area contributed by atoms with Gasteiger partial charge in [0, 0.05) is 50.6 Å². The summed E-state index contributed by atoms with van der Waals surface area (Å²) in [6.07, 6.45) is 4.17. The van der Waals surface area contributed by atoms with E-state index in [0.717, 1.165) is 49.7 Å². The maximum Gasteiger partial charge on any atom is 0.116 e. The average molecular weight is 315 g/mol. The van der Waals surface area contributed by atoms with E-state index in [0.29, 0.717) is 6.04 Å². The third kappa shape index (κ3) is 2.63. The van der Waals surface area contributed by atoms with Crippen LogP contribution in [-0.4, -0.2) is 62.5 Å². The Balaban J connectivity index is 1.62. The number of aliphatic hydroxyl groups is 1. The van der Waals surface area contributed by atoms with Gasteiger partial charge >= 0.3 is 0 Å². The summed E-state index contributed by atoms with van der Waals surface area (Å²) >= 11 is 0. The van der Waals surface area contributed by atoms with Crippen LogP contribution in [0.15, 0.2) is 18.6 Å². The van der Waals surface area contributed by atoms with Crippen LogP contribution in [-0.2, 0) is 6.54 Å². The number of aliphatic hydroxyl groups excluding tert-OH is 1. The highest BCUT2D eigenvalue weighted by Crippen LogP contribution is 2.34. The molecule has 0 aliphatic carbocycles. The molecule has 0 aromatic carbocycles. The Morgan fingerprint density at radius 2 is 2.35 bits per heavy atom. The predicted octanol–water partition coefficient (Wildman–Crippen LogP) is -0.375. The van der Waals surface area contributed by atoms with Gasteiger partial charge in [0.25, 0.3) is 0 Å². The second-order valence-electron chi connectivity index (χ2n) is 5.95. The standard InChI is InChI=1S/C15H21N7O/c23-6-2-10-7-16-4-5-22(10)15-14-11(8-18-15)13(20-21-14)12-1-3-17-9-19-12/h1,3,9-10,15-16,18,23H,2,4-8H2,(H,20,21). The van der Waals surface area contributed by atoms with E-state index in [1.807, 2.05) is 6.07 Å². The number of H-pyrrole nitrogens is 1. The Bertz CT molecular complexity index is 657. The largest absolute Gasteiger partial charge is 0.396 e. The van der Waals surface area contributed by atoms with Crippen LogP contribution in [0.2, 0.25) is 0 Å². The Morgan fingerprint density at radius 3 is 3.17 bits per heavy atom. The highest BCUT2D eigenvalue weighted by molar-refractivity contribution is 5.60. The summed E-state index contributed by atoms with van der Waals surface area (Å²) in [6.45, 7) is 3.79. The molecule has 8 heteroatoms. The fourth-order valence-corrected chi connectivity index (χ4v) is 3.54. The van der Waals surface area contributed by atoms with Gasteiger partial charge in [0.05, 0.1) is 11.4 Å². The summed E-state index contributed by atoms with van der Waals surface area (Å²) in [5.41, 5.74) is 4.02. The molecular weight excluding hydrogens is 294 g/mol. The van der Waals surface area contributed by atoms with Crippen LogP contribution in [0.4, 0.5) is 0 Å². The molecule has 2 aromatic heterocycles. The van der Waals surface area contributed by atoms with Crippen LogP contribution in [0.5, 0.6) is 0 Å². The Labute approximate surface area is 134 Å². The smallest absolute Gasteiger partial charge is 0.116 e. The van der Waals surface area contributed by atoms with Gasteiger partial charge in [-0.3, -0.25) is 15.3 Å². The summed E-state index contributed by atoms with van der Waals surface area (Å²) in [5.74, 6) is 0. The van der Waals surface area contributed by atoms with Crippen molar-refractivity contribution in [1.29, 1.82) is 0 Å². The summed E-state index contributed by atoms with van der Waals surface area (Å²) in [4.78, 5) is 10.7. The molecule has 0 saturated carbocycles. The predicted molar refractivity (Wildman–Crippen MR) is 84.3 cm³/mol. The average Bonchev–Trinajstić information content (AvgIpc) is 3.18. The van der Waals surface area contributed by atoms with E-state index in [2.05, 4.69) is 35.7 Å². The van der Waals surface area contributed by atoms with Crippen molar-refractivity contribution in [2.75, 3.05) is 26.2 Å². The van der Waals surface area contributed by atoms with Crippen LogP contribution in [0, 0.1) is 0 Å². The van der Waals surface area contributed by atoms with E-state index in [-0.39, 0.29) is 12.8 Å². The van der Waals surface area contributed by atoms with E-state index in [1.54, 1.807) is 12.5 Å². The van der Waals surface area contributed by atoms with Gasteiger partial charge in [-0.1, -0.05) is 0 Å². The zero-order valence-electron chi connectivity index (χ0n) is 12.9. The fraction of sp³-hybridized carbons (Fsp3) is 0.533. The molecule has 4 rings (SSSR count). The summed E-state index contributed by atoms with van der Waals surface area (Å²) in [7, 11) is 0. The minimum atomic E-state index is 0.117. The summed E-state index contributed by atoms with van der Waals surface area (Å²) in [5, 5.41) is 24.0. The van der Waals surface area contributed by atoms with Crippen molar-refractivity contribution in [1.82, 2.24) is 35.7 Å². The Hall–Kier alpha value is -1.87. The molecule has 23 heavy (non-hydrogen) atoms. The first-order valence-electron chi connectivity index (χ1n) is 8.02. The molecule has 2 aliphatic heterocycles. The normalized spacial score (nSPS) is 24.7. The first-order valence-corrected chi connectivity index (χ1v) is 8.02. The van der Waals surface area contributed by atoms with Crippen LogP contribution in [0.3, 0.4) is 0 Å². The first-order chi connectivity index (χ1) is 11.4. The van der Waals surface area contributed by atoms with Crippen LogP contribution < -0.4 is 10.6 Å². The number of nitrogens with zero attached hydrogens (tertiary/aromatic N) is 4. The molecular formula is C15H21N7O. The highest BCUT2D eigenvalue weighted by atomic mass is 16.3. The van der Waals surface area contributed by atoms with Gasteiger partial charge in [-0.2, -0.15) is 5.10 Å². The quantitative estimate of drug-likeness (QED) is 0.610. The molecule has 1 fully saturated rings. The number of aromatic nitrogens is 4. The number of rotatable bonds is 4. The molecule has 0 spiro atoms. The molecule has 4 N–H and O–H groups in total. The summed E-state index contributed by atoms with van der Waals surface area (Å²) < 4.78 is 0. The summed E-state index contributed by atoms with van der Waals surface area (Å²) in [6, 6.07) is 2.20. The van der Waals surface area contributed by atoms with Gasteiger partial charge in [-0.25, -0.2) is 9.97 Å². The fourth-order valence-electron chi connectivity index (χ4n) is 3.54. The second-order valence-corrected chi connectivity index (χ2v) is 5.95. The molecule has 2 aromatic rings. The number of aromatic amines is 1. The molecule has 0 bridgehead atoms. The van der Waals surface area contributed by atoms with Crippen molar-refractivity contribution < 1.29 is 5.11 Å². The number of hydrogen-bond acceptors (Lipinski definition) is 7. The number of piperazine rings is 1. The van der Waals surface area contributed by atoms with E-state index in [9.17, 15) is 5.11 Å². The van der Waals surface area contributed by atoms with Crippen LogP contribution in [0.25, 0.3) is 11.4 Å². The van der Waals surface area contributed by atoms with Crippen molar-refractivity contribution in [3.05, 3.63) is 29.8 Å². The zero-order chi connectivity index (χ0) is 15.6. The molecule has 2 aliphatic rings. The second kappa shape index (κ2) is 6.32. The van der Waals surface area contributed by atoms with Crippen molar-refractivity contribution in [2.24, 2.45) is 0 Å². The molecule has 4 heterocycles. The zero-order valence-corrected chi connectivity index (χ0v) is 12.9. The van der Waals surface area contributed by atoms with E-state index in [4.69, 9.17) is 0 Å². The van der Waals surface area contributed by atoms with Gasteiger partial charge in [-0.05, 0) is 12.5 Å². The minimum absolute atomic E-state index is 0.117. The van der Waals surface area contributed by atoms with Crippen LogP contribution >= 0.6 is 0 Å². The molecule has 0 amide bonds. The topological polar surface area (TPSA) is 102 Å². The molecule has 2 atom stereocenters. The van der Waals surface area contributed by atoms with Gasteiger partial charge in [0.1, 0.15) is 18.2 Å². The number of nitrogens with one attached hydrogen (secondary N) is 3. The monoisotopic (exact) mass is 315 g/mol. The van der Waals surface area contributed by atoms with Gasteiger partial charge < -0.3 is 10.4 Å². The SMILES string of the molecule is OCCC1CNCCN1C1NCc2c(-c3ccncn3)n[nH]c21. The molecule has 1 saturated heterocycles.